The molecule has 0 aliphatic carbocycles. The summed E-state index contributed by atoms with van der Waals surface area (Å²) in [5, 5.41) is 0. The van der Waals surface area contributed by atoms with E-state index >= 15 is 0 Å². The molecule has 3 heteroatoms. The lowest BCUT2D eigenvalue weighted by Crippen LogP contribution is -2.41. The average Bonchev–Trinajstić information content (AvgIpc) is 2.72. The first kappa shape index (κ1) is 15.3. The molecule has 2 aliphatic heterocycles. The molecule has 3 nitrogen and oxygen atoms in total. The minimum absolute atomic E-state index is 0.197. The molecule has 0 bridgehead atoms. The van der Waals surface area contributed by atoms with E-state index in [9.17, 15) is 4.79 Å². The molecule has 0 saturated carbocycles. The van der Waals surface area contributed by atoms with Gasteiger partial charge < -0.3 is 4.90 Å². The number of carbonyl (C=O) groups excluding carboxylic acids is 1. The first-order valence-corrected chi connectivity index (χ1v) is 8.40. The first-order chi connectivity index (χ1) is 10.7. The van der Waals surface area contributed by atoms with Crippen molar-refractivity contribution < 1.29 is 4.79 Å². The smallest absolute Gasteiger partial charge is 0.226 e. The Morgan fingerprint density at radius 1 is 1.09 bits per heavy atom. The summed E-state index contributed by atoms with van der Waals surface area (Å²) in [6.07, 6.45) is 7.53. The van der Waals surface area contributed by atoms with Crippen LogP contribution >= 0.6 is 0 Å². The van der Waals surface area contributed by atoms with Crippen LogP contribution in [0.4, 0.5) is 0 Å². The quantitative estimate of drug-likeness (QED) is 0.801. The summed E-state index contributed by atoms with van der Waals surface area (Å²) in [7, 11) is 1.93. The van der Waals surface area contributed by atoms with Crippen molar-refractivity contribution in [2.45, 2.75) is 25.8 Å². The zero-order valence-corrected chi connectivity index (χ0v) is 13.4. The van der Waals surface area contributed by atoms with Gasteiger partial charge in [-0.3, -0.25) is 9.69 Å². The number of rotatable bonds is 3. The van der Waals surface area contributed by atoms with Gasteiger partial charge in [0, 0.05) is 26.1 Å². The molecule has 1 saturated heterocycles. The summed E-state index contributed by atoms with van der Waals surface area (Å²) in [5.41, 5.74) is 1.38. The highest BCUT2D eigenvalue weighted by Crippen LogP contribution is 2.30. The number of hydrogen-bond donors (Lipinski definition) is 0. The molecule has 1 fully saturated rings. The molecule has 0 aromatic heterocycles. The van der Waals surface area contributed by atoms with Crippen LogP contribution in [-0.2, 0) is 11.3 Å². The second-order valence-electron chi connectivity index (χ2n) is 6.63. The van der Waals surface area contributed by atoms with E-state index in [2.05, 4.69) is 47.4 Å². The molecular formula is C19H26N2O. The number of hydrogen-bond acceptors (Lipinski definition) is 2. The maximum Gasteiger partial charge on any atom is 0.226 e. The highest BCUT2D eigenvalue weighted by atomic mass is 16.2. The summed E-state index contributed by atoms with van der Waals surface area (Å²) in [6, 6.07) is 10.7. The van der Waals surface area contributed by atoms with Crippen LogP contribution in [0.15, 0.2) is 42.5 Å². The monoisotopic (exact) mass is 298 g/mol. The number of piperidine rings is 1. The topological polar surface area (TPSA) is 23.6 Å². The Balaban J connectivity index is 1.55. The van der Waals surface area contributed by atoms with Crippen LogP contribution in [0.2, 0.25) is 0 Å². The SMILES string of the molecule is CN1CC=CC[C@H](C2CCN(Cc3ccccc3)CC2)C1=O. The van der Waals surface area contributed by atoms with E-state index in [4.69, 9.17) is 0 Å². The standard InChI is InChI=1S/C19H26N2O/c1-20-12-6-5-9-18(19(20)22)17-10-13-21(14-11-17)15-16-7-3-2-4-8-16/h2-8,17-18H,9-15H2,1H3/t18-/m1/s1. The number of carbonyl (C=O) groups is 1. The largest absolute Gasteiger partial charge is 0.342 e. The normalized spacial score (nSPS) is 24.5. The fraction of sp³-hybridized carbons (Fsp3) is 0.526. The fourth-order valence-corrected chi connectivity index (χ4v) is 3.70. The summed E-state index contributed by atoms with van der Waals surface area (Å²) in [5.74, 6) is 1.08. The molecule has 22 heavy (non-hydrogen) atoms. The second kappa shape index (κ2) is 7.10. The van der Waals surface area contributed by atoms with Crippen LogP contribution in [0, 0.1) is 11.8 Å². The summed E-state index contributed by atoms with van der Waals surface area (Å²) in [4.78, 5) is 16.9. The molecule has 2 aliphatic rings. The molecule has 1 atom stereocenters. The van der Waals surface area contributed by atoms with E-state index in [1.807, 2.05) is 11.9 Å². The van der Waals surface area contributed by atoms with Gasteiger partial charge in [0.2, 0.25) is 5.91 Å². The van der Waals surface area contributed by atoms with Crippen molar-refractivity contribution >= 4 is 5.91 Å². The highest BCUT2D eigenvalue weighted by molar-refractivity contribution is 5.79. The van der Waals surface area contributed by atoms with Gasteiger partial charge in [0.1, 0.15) is 0 Å². The van der Waals surface area contributed by atoms with Crippen molar-refractivity contribution in [3.63, 3.8) is 0 Å². The highest BCUT2D eigenvalue weighted by Gasteiger charge is 2.32. The maximum atomic E-state index is 12.5. The molecule has 118 valence electrons. The molecule has 0 N–H and O–H groups in total. The lowest BCUT2D eigenvalue weighted by Gasteiger charge is -2.36. The first-order valence-electron chi connectivity index (χ1n) is 8.40. The molecule has 1 amide bonds. The third kappa shape index (κ3) is 3.58. The lowest BCUT2D eigenvalue weighted by molar-refractivity contribution is -0.135. The van der Waals surface area contributed by atoms with E-state index < -0.39 is 0 Å². The van der Waals surface area contributed by atoms with Crippen molar-refractivity contribution in [3.05, 3.63) is 48.0 Å². The Hall–Kier alpha value is -1.61. The van der Waals surface area contributed by atoms with Gasteiger partial charge in [-0.25, -0.2) is 0 Å². The molecule has 1 aromatic carbocycles. The molecule has 3 rings (SSSR count). The van der Waals surface area contributed by atoms with Crippen LogP contribution < -0.4 is 0 Å². The van der Waals surface area contributed by atoms with Gasteiger partial charge in [-0.2, -0.15) is 0 Å². The van der Waals surface area contributed by atoms with Crippen molar-refractivity contribution in [3.8, 4) is 0 Å². The van der Waals surface area contributed by atoms with Crippen LogP contribution in [0.1, 0.15) is 24.8 Å². The van der Waals surface area contributed by atoms with Crippen LogP contribution in [0.25, 0.3) is 0 Å². The Bertz CT molecular complexity index is 517. The van der Waals surface area contributed by atoms with E-state index in [1.165, 1.54) is 5.56 Å². The number of amides is 1. The Morgan fingerprint density at radius 2 is 1.82 bits per heavy atom. The van der Waals surface area contributed by atoms with Crippen LogP contribution in [0.5, 0.6) is 0 Å². The van der Waals surface area contributed by atoms with E-state index in [0.717, 1.165) is 45.4 Å². The summed E-state index contributed by atoms with van der Waals surface area (Å²) in [6.45, 7) is 4.02. The fourth-order valence-electron chi connectivity index (χ4n) is 3.70. The maximum absolute atomic E-state index is 12.5. The van der Waals surface area contributed by atoms with Crippen molar-refractivity contribution in [2.24, 2.45) is 11.8 Å². The van der Waals surface area contributed by atoms with Gasteiger partial charge in [-0.1, -0.05) is 42.5 Å². The Labute approximate surface area is 133 Å². The number of likely N-dealkylation sites (tertiary alicyclic amines) is 1. The van der Waals surface area contributed by atoms with Crippen molar-refractivity contribution in [1.82, 2.24) is 9.80 Å². The minimum atomic E-state index is 0.197. The zero-order valence-electron chi connectivity index (χ0n) is 13.4. The van der Waals surface area contributed by atoms with Crippen molar-refractivity contribution in [2.75, 3.05) is 26.7 Å². The number of likely N-dealkylation sites (N-methyl/N-ethyl adjacent to an activating group) is 1. The molecular weight excluding hydrogens is 272 g/mol. The predicted octanol–water partition coefficient (Wildman–Crippen LogP) is 2.93. The second-order valence-corrected chi connectivity index (χ2v) is 6.63. The molecule has 2 heterocycles. The van der Waals surface area contributed by atoms with E-state index in [0.29, 0.717) is 11.8 Å². The van der Waals surface area contributed by atoms with Gasteiger partial charge in [0.15, 0.2) is 0 Å². The van der Waals surface area contributed by atoms with Gasteiger partial charge >= 0.3 is 0 Å². The van der Waals surface area contributed by atoms with Crippen LogP contribution in [0.3, 0.4) is 0 Å². The van der Waals surface area contributed by atoms with Gasteiger partial charge in [0.05, 0.1) is 0 Å². The third-order valence-corrected chi connectivity index (χ3v) is 5.08. The van der Waals surface area contributed by atoms with Crippen LogP contribution in [-0.4, -0.2) is 42.4 Å². The van der Waals surface area contributed by atoms with Crippen molar-refractivity contribution in [1.29, 1.82) is 0 Å². The zero-order chi connectivity index (χ0) is 15.4. The molecule has 0 radical (unpaired) electrons. The number of benzene rings is 1. The Kier molecular flexibility index (Phi) is 4.94. The predicted molar refractivity (Wildman–Crippen MR) is 89.3 cm³/mol. The third-order valence-electron chi connectivity index (χ3n) is 5.08. The summed E-state index contributed by atoms with van der Waals surface area (Å²) < 4.78 is 0. The summed E-state index contributed by atoms with van der Waals surface area (Å²) >= 11 is 0. The van der Waals surface area contributed by atoms with Gasteiger partial charge in [-0.15, -0.1) is 0 Å². The van der Waals surface area contributed by atoms with Gasteiger partial charge in [-0.05, 0) is 43.8 Å². The molecule has 0 spiro atoms. The Morgan fingerprint density at radius 3 is 2.55 bits per heavy atom. The van der Waals surface area contributed by atoms with E-state index in [-0.39, 0.29) is 5.92 Å². The molecule has 1 aromatic rings. The lowest BCUT2D eigenvalue weighted by atomic mass is 9.81. The molecule has 0 unspecified atom stereocenters. The number of nitrogens with zero attached hydrogens (tertiary/aromatic N) is 2. The van der Waals surface area contributed by atoms with E-state index in [1.54, 1.807) is 0 Å². The van der Waals surface area contributed by atoms with Gasteiger partial charge in [0.25, 0.3) is 0 Å². The minimum Gasteiger partial charge on any atom is -0.342 e. The number of allylic oxidation sites excluding steroid dienone is 1. The average molecular weight is 298 g/mol.